The third-order valence-corrected chi connectivity index (χ3v) is 5.50. The number of carbonyl (C=O) groups excluding carboxylic acids is 2. The molecular weight excluding hydrogens is 276 g/mol. The van der Waals surface area contributed by atoms with Gasteiger partial charge in [-0.3, -0.25) is 9.59 Å². The molecule has 0 amide bonds. The van der Waals surface area contributed by atoms with Crippen LogP contribution in [0.2, 0.25) is 0 Å². The van der Waals surface area contributed by atoms with Crippen molar-refractivity contribution >= 4 is 25.7 Å². The Labute approximate surface area is 120 Å². The van der Waals surface area contributed by atoms with Gasteiger partial charge in [0.1, 0.15) is 6.23 Å². The van der Waals surface area contributed by atoms with Gasteiger partial charge in [-0.25, -0.2) is 0 Å². The molecule has 0 unspecified atom stereocenters. The quantitative estimate of drug-likeness (QED) is 0.562. The summed E-state index contributed by atoms with van der Waals surface area (Å²) in [5.74, 6) is -0.969. The van der Waals surface area contributed by atoms with E-state index >= 15 is 0 Å². The molecule has 0 aliphatic rings. The molecule has 0 aliphatic carbocycles. The predicted molar refractivity (Wildman–Crippen MR) is 76.5 cm³/mol. The van der Waals surface area contributed by atoms with E-state index < -0.39 is 20.5 Å². The Bertz CT molecular complexity index is 430. The first kappa shape index (κ1) is 16.4. The van der Waals surface area contributed by atoms with Crippen molar-refractivity contribution in [1.82, 2.24) is 0 Å². The molecule has 0 saturated carbocycles. The summed E-state index contributed by atoms with van der Waals surface area (Å²) in [5.41, 5.74) is 0. The summed E-state index contributed by atoms with van der Waals surface area (Å²) in [6.45, 7) is 5.09. The van der Waals surface area contributed by atoms with Crippen molar-refractivity contribution in [2.24, 2.45) is 0 Å². The molecule has 0 radical (unpaired) electrons. The highest BCUT2D eigenvalue weighted by Crippen LogP contribution is 2.11. The van der Waals surface area contributed by atoms with E-state index in [2.05, 4.69) is 0 Å². The lowest BCUT2D eigenvalue weighted by Gasteiger charge is -2.28. The Hall–Kier alpha value is -1.66. The summed E-state index contributed by atoms with van der Waals surface area (Å²) >= 11 is 0. The van der Waals surface area contributed by atoms with Gasteiger partial charge in [0.25, 0.3) is 11.9 Å². The molecule has 0 atom stereocenters. The molecule has 0 heterocycles. The SMILES string of the molecule is CCCOC[Si](OC(C)=O)(OC(C)=O)c1ccccc1. The normalized spacial score (nSPS) is 10.9. The second-order valence-electron chi connectivity index (χ2n) is 4.36. The summed E-state index contributed by atoms with van der Waals surface area (Å²) in [5, 5.41) is 0.696. The number of rotatable bonds is 7. The van der Waals surface area contributed by atoms with Crippen LogP contribution >= 0.6 is 0 Å². The average molecular weight is 296 g/mol. The molecule has 110 valence electrons. The number of benzene rings is 1. The fourth-order valence-electron chi connectivity index (χ4n) is 1.79. The first-order chi connectivity index (χ1) is 9.50. The molecule has 0 spiro atoms. The second kappa shape index (κ2) is 7.81. The van der Waals surface area contributed by atoms with Gasteiger partial charge in [-0.15, -0.1) is 0 Å². The topological polar surface area (TPSA) is 61.8 Å². The van der Waals surface area contributed by atoms with E-state index in [1.807, 2.05) is 25.1 Å². The maximum atomic E-state index is 11.4. The van der Waals surface area contributed by atoms with Crippen LogP contribution in [0.3, 0.4) is 0 Å². The highest BCUT2D eigenvalue weighted by Gasteiger charge is 2.47. The summed E-state index contributed by atoms with van der Waals surface area (Å²) in [6, 6.07) is 9.03. The van der Waals surface area contributed by atoms with E-state index in [0.717, 1.165) is 6.42 Å². The summed E-state index contributed by atoms with van der Waals surface area (Å²) in [6.07, 6.45) is 0.934. The molecule has 0 aromatic heterocycles. The molecule has 6 heteroatoms. The lowest BCUT2D eigenvalue weighted by molar-refractivity contribution is -0.139. The maximum Gasteiger partial charge on any atom is 0.526 e. The van der Waals surface area contributed by atoms with Gasteiger partial charge >= 0.3 is 8.56 Å². The van der Waals surface area contributed by atoms with Gasteiger partial charge in [-0.05, 0) is 6.42 Å². The van der Waals surface area contributed by atoms with Gasteiger partial charge in [0.15, 0.2) is 0 Å². The van der Waals surface area contributed by atoms with Gasteiger partial charge in [-0.2, -0.15) is 0 Å². The highest BCUT2D eigenvalue weighted by molar-refractivity contribution is 6.83. The van der Waals surface area contributed by atoms with Crippen LogP contribution in [0.5, 0.6) is 0 Å². The molecule has 0 saturated heterocycles. The van der Waals surface area contributed by atoms with Gasteiger partial charge in [0.2, 0.25) is 0 Å². The fraction of sp³-hybridized carbons (Fsp3) is 0.429. The van der Waals surface area contributed by atoms with E-state index in [0.29, 0.717) is 11.8 Å². The Kier molecular flexibility index (Phi) is 6.40. The Morgan fingerprint density at radius 2 is 1.60 bits per heavy atom. The van der Waals surface area contributed by atoms with Gasteiger partial charge < -0.3 is 13.6 Å². The number of carbonyl (C=O) groups is 2. The smallest absolute Gasteiger partial charge is 0.481 e. The van der Waals surface area contributed by atoms with E-state index in [-0.39, 0.29) is 6.23 Å². The Morgan fingerprint density at radius 1 is 1.05 bits per heavy atom. The minimum Gasteiger partial charge on any atom is -0.481 e. The van der Waals surface area contributed by atoms with Crippen LogP contribution in [0.25, 0.3) is 0 Å². The Morgan fingerprint density at radius 3 is 2.05 bits per heavy atom. The predicted octanol–water partition coefficient (Wildman–Crippen LogP) is 1.43. The monoisotopic (exact) mass is 296 g/mol. The summed E-state index contributed by atoms with van der Waals surface area (Å²) in [7, 11) is -3.26. The zero-order valence-corrected chi connectivity index (χ0v) is 13.0. The van der Waals surface area contributed by atoms with Crippen molar-refractivity contribution in [3.05, 3.63) is 30.3 Å². The third-order valence-electron chi connectivity index (χ3n) is 2.47. The summed E-state index contributed by atoms with van der Waals surface area (Å²) < 4.78 is 16.3. The van der Waals surface area contributed by atoms with Crippen LogP contribution in [0.4, 0.5) is 0 Å². The first-order valence-electron chi connectivity index (χ1n) is 6.52. The minimum absolute atomic E-state index is 0.101. The van der Waals surface area contributed by atoms with Crippen molar-refractivity contribution in [3.8, 4) is 0 Å². The molecule has 1 aromatic carbocycles. The number of ether oxygens (including phenoxy) is 1. The standard InChI is InChI=1S/C14H20O5Si/c1-4-10-17-11-20(18-12(2)15,19-13(3)16)14-8-6-5-7-9-14/h5-9H,4,10-11H2,1-3H3. The van der Waals surface area contributed by atoms with Crippen LogP contribution < -0.4 is 5.19 Å². The van der Waals surface area contributed by atoms with Gasteiger partial charge in [0, 0.05) is 25.6 Å². The van der Waals surface area contributed by atoms with Crippen LogP contribution in [0, 0.1) is 0 Å². The van der Waals surface area contributed by atoms with Crippen molar-refractivity contribution in [1.29, 1.82) is 0 Å². The van der Waals surface area contributed by atoms with Crippen molar-refractivity contribution in [2.75, 3.05) is 12.8 Å². The van der Waals surface area contributed by atoms with Crippen molar-refractivity contribution in [3.63, 3.8) is 0 Å². The lowest BCUT2D eigenvalue weighted by Crippen LogP contribution is -2.59. The molecule has 0 N–H and O–H groups in total. The molecule has 0 fully saturated rings. The van der Waals surface area contributed by atoms with E-state index in [1.54, 1.807) is 12.1 Å². The van der Waals surface area contributed by atoms with Crippen molar-refractivity contribution in [2.45, 2.75) is 27.2 Å². The maximum absolute atomic E-state index is 11.4. The van der Waals surface area contributed by atoms with E-state index in [9.17, 15) is 9.59 Å². The van der Waals surface area contributed by atoms with Gasteiger partial charge in [0.05, 0.1) is 0 Å². The van der Waals surface area contributed by atoms with E-state index in [4.69, 9.17) is 13.6 Å². The number of hydrogen-bond acceptors (Lipinski definition) is 5. The van der Waals surface area contributed by atoms with Crippen LogP contribution in [-0.4, -0.2) is 33.3 Å². The Balaban J connectivity index is 3.10. The third kappa shape index (κ3) is 4.79. The molecule has 0 bridgehead atoms. The molecule has 1 aromatic rings. The zero-order chi connectivity index (χ0) is 15.0. The molecule has 20 heavy (non-hydrogen) atoms. The lowest BCUT2D eigenvalue weighted by atomic mass is 10.4. The average Bonchev–Trinajstić information content (AvgIpc) is 2.38. The minimum atomic E-state index is -3.26. The molecule has 0 aliphatic heterocycles. The highest BCUT2D eigenvalue weighted by atomic mass is 28.4. The van der Waals surface area contributed by atoms with E-state index in [1.165, 1.54) is 13.8 Å². The molecule has 5 nitrogen and oxygen atoms in total. The largest absolute Gasteiger partial charge is 0.526 e. The first-order valence-corrected chi connectivity index (χ1v) is 8.55. The molecular formula is C14H20O5Si. The van der Waals surface area contributed by atoms with Crippen LogP contribution in [-0.2, 0) is 23.2 Å². The second-order valence-corrected chi connectivity index (χ2v) is 7.14. The van der Waals surface area contributed by atoms with Gasteiger partial charge in [-0.1, -0.05) is 37.3 Å². The fourth-order valence-corrected chi connectivity index (χ4v) is 4.39. The molecule has 1 rings (SSSR count). The van der Waals surface area contributed by atoms with Crippen LogP contribution in [0.1, 0.15) is 27.2 Å². The number of hydrogen-bond donors (Lipinski definition) is 0. The van der Waals surface area contributed by atoms with Crippen LogP contribution in [0.15, 0.2) is 30.3 Å². The zero-order valence-electron chi connectivity index (χ0n) is 12.0. The summed E-state index contributed by atoms with van der Waals surface area (Å²) in [4.78, 5) is 22.8. The van der Waals surface area contributed by atoms with Crippen molar-refractivity contribution < 1.29 is 23.2 Å².